The zero-order chi connectivity index (χ0) is 10.8. The number of esters is 1. The summed E-state index contributed by atoms with van der Waals surface area (Å²) in [5.41, 5.74) is 0.967. The highest BCUT2D eigenvalue weighted by Gasteiger charge is 1.96. The molecule has 0 atom stereocenters. The number of hydrogen-bond acceptors (Lipinski definition) is 3. The molecule has 3 heteroatoms. The molecule has 0 aliphatic heterocycles. The van der Waals surface area contributed by atoms with Crippen LogP contribution in [0.5, 0.6) is 0 Å². The fraction of sp³-hybridized carbons (Fsp3) is 0.727. The van der Waals surface area contributed by atoms with E-state index < -0.39 is 0 Å². The van der Waals surface area contributed by atoms with Gasteiger partial charge in [0.15, 0.2) is 0 Å². The number of nitrogens with one attached hydrogen (secondary N) is 1. The standard InChI is InChI=1S/C11H21NO2/c1-4-5-6-12-7-8-14-11(13)9-10(2)3/h9,12H,4-8H2,1-3H3. The lowest BCUT2D eigenvalue weighted by atomic mass is 10.3. The molecule has 0 spiro atoms. The van der Waals surface area contributed by atoms with Gasteiger partial charge < -0.3 is 10.1 Å². The maximum Gasteiger partial charge on any atom is 0.330 e. The second-order valence-electron chi connectivity index (χ2n) is 3.49. The van der Waals surface area contributed by atoms with Crippen molar-refractivity contribution in [2.24, 2.45) is 0 Å². The van der Waals surface area contributed by atoms with Crippen LogP contribution >= 0.6 is 0 Å². The van der Waals surface area contributed by atoms with Crippen molar-refractivity contribution in [1.82, 2.24) is 5.32 Å². The summed E-state index contributed by atoms with van der Waals surface area (Å²) in [6.07, 6.45) is 3.86. The lowest BCUT2D eigenvalue weighted by molar-refractivity contribution is -0.137. The first-order valence-corrected chi connectivity index (χ1v) is 5.19. The minimum absolute atomic E-state index is 0.248. The quantitative estimate of drug-likeness (QED) is 0.386. The number of rotatable bonds is 7. The van der Waals surface area contributed by atoms with Gasteiger partial charge in [-0.05, 0) is 26.8 Å². The van der Waals surface area contributed by atoms with Gasteiger partial charge in [-0.15, -0.1) is 0 Å². The van der Waals surface area contributed by atoms with Crippen LogP contribution in [0.15, 0.2) is 11.6 Å². The van der Waals surface area contributed by atoms with E-state index in [1.165, 1.54) is 18.9 Å². The largest absolute Gasteiger partial charge is 0.461 e. The molecule has 82 valence electrons. The van der Waals surface area contributed by atoms with Gasteiger partial charge in [-0.1, -0.05) is 18.9 Å². The van der Waals surface area contributed by atoms with Crippen molar-refractivity contribution in [3.05, 3.63) is 11.6 Å². The van der Waals surface area contributed by atoms with Crippen molar-refractivity contribution < 1.29 is 9.53 Å². The molecular formula is C11H21NO2. The van der Waals surface area contributed by atoms with E-state index in [-0.39, 0.29) is 5.97 Å². The molecule has 0 fully saturated rings. The topological polar surface area (TPSA) is 38.3 Å². The molecule has 0 aliphatic carbocycles. The number of unbranched alkanes of at least 4 members (excludes halogenated alkanes) is 1. The number of carbonyl (C=O) groups excluding carboxylic acids is 1. The van der Waals surface area contributed by atoms with Crippen LogP contribution in [0.3, 0.4) is 0 Å². The summed E-state index contributed by atoms with van der Waals surface area (Å²) in [4.78, 5) is 11.0. The van der Waals surface area contributed by atoms with Crippen LogP contribution in [0.1, 0.15) is 33.6 Å². The van der Waals surface area contributed by atoms with Crippen LogP contribution < -0.4 is 5.32 Å². The van der Waals surface area contributed by atoms with Gasteiger partial charge in [0.1, 0.15) is 6.61 Å². The maximum absolute atomic E-state index is 11.0. The Morgan fingerprint density at radius 2 is 2.07 bits per heavy atom. The summed E-state index contributed by atoms with van der Waals surface area (Å²) in [5, 5.41) is 3.20. The Labute approximate surface area is 86.5 Å². The molecule has 0 aromatic carbocycles. The summed E-state index contributed by atoms with van der Waals surface area (Å²) < 4.78 is 4.96. The van der Waals surface area contributed by atoms with Crippen molar-refractivity contribution >= 4 is 5.97 Å². The van der Waals surface area contributed by atoms with Crippen LogP contribution in [-0.2, 0) is 9.53 Å². The lowest BCUT2D eigenvalue weighted by Crippen LogP contribution is -2.21. The highest BCUT2D eigenvalue weighted by Crippen LogP contribution is 1.90. The van der Waals surface area contributed by atoms with E-state index in [1.54, 1.807) is 0 Å². The molecule has 0 aromatic rings. The van der Waals surface area contributed by atoms with E-state index in [0.29, 0.717) is 6.61 Å². The number of carbonyl (C=O) groups is 1. The molecule has 0 aromatic heterocycles. The highest BCUT2D eigenvalue weighted by molar-refractivity contribution is 5.82. The molecule has 0 aliphatic rings. The van der Waals surface area contributed by atoms with Gasteiger partial charge in [0.05, 0.1) is 0 Å². The Balaban J connectivity index is 3.28. The Morgan fingerprint density at radius 1 is 1.36 bits per heavy atom. The zero-order valence-corrected chi connectivity index (χ0v) is 9.43. The molecule has 0 amide bonds. The molecule has 0 heterocycles. The molecule has 3 nitrogen and oxygen atoms in total. The Morgan fingerprint density at radius 3 is 2.64 bits per heavy atom. The van der Waals surface area contributed by atoms with Gasteiger partial charge in [0.25, 0.3) is 0 Å². The van der Waals surface area contributed by atoms with Crippen molar-refractivity contribution in [3.63, 3.8) is 0 Å². The first-order valence-electron chi connectivity index (χ1n) is 5.19. The van der Waals surface area contributed by atoms with Crippen molar-refractivity contribution in [2.75, 3.05) is 19.7 Å². The average Bonchev–Trinajstić information content (AvgIpc) is 2.10. The number of allylic oxidation sites excluding steroid dienone is 1. The smallest absolute Gasteiger partial charge is 0.330 e. The van der Waals surface area contributed by atoms with Crippen LogP contribution in [-0.4, -0.2) is 25.7 Å². The van der Waals surface area contributed by atoms with Crippen molar-refractivity contribution in [3.8, 4) is 0 Å². The Kier molecular flexibility index (Phi) is 8.24. The molecule has 0 bridgehead atoms. The highest BCUT2D eigenvalue weighted by atomic mass is 16.5. The monoisotopic (exact) mass is 199 g/mol. The maximum atomic E-state index is 11.0. The summed E-state index contributed by atoms with van der Waals surface area (Å²) in [6.45, 7) is 8.09. The van der Waals surface area contributed by atoms with Gasteiger partial charge in [0, 0.05) is 12.6 Å². The summed E-state index contributed by atoms with van der Waals surface area (Å²) in [6, 6.07) is 0. The first kappa shape index (κ1) is 13.2. The Bertz CT molecular complexity index is 184. The minimum atomic E-state index is -0.248. The van der Waals surface area contributed by atoms with Crippen LogP contribution in [0.25, 0.3) is 0 Å². The van der Waals surface area contributed by atoms with E-state index in [9.17, 15) is 4.79 Å². The molecule has 0 saturated heterocycles. The second kappa shape index (κ2) is 8.75. The minimum Gasteiger partial charge on any atom is -0.461 e. The van der Waals surface area contributed by atoms with E-state index in [1.807, 2.05) is 13.8 Å². The van der Waals surface area contributed by atoms with E-state index in [2.05, 4.69) is 12.2 Å². The molecular weight excluding hydrogens is 178 g/mol. The van der Waals surface area contributed by atoms with Gasteiger partial charge >= 0.3 is 5.97 Å². The fourth-order valence-corrected chi connectivity index (χ4v) is 0.928. The molecule has 0 saturated carbocycles. The van der Waals surface area contributed by atoms with Gasteiger partial charge in [-0.2, -0.15) is 0 Å². The molecule has 0 radical (unpaired) electrons. The van der Waals surface area contributed by atoms with E-state index >= 15 is 0 Å². The third-order valence-electron chi connectivity index (χ3n) is 1.64. The number of hydrogen-bond donors (Lipinski definition) is 1. The lowest BCUT2D eigenvalue weighted by Gasteiger charge is -2.04. The van der Waals surface area contributed by atoms with E-state index in [4.69, 9.17) is 4.74 Å². The van der Waals surface area contributed by atoms with Crippen molar-refractivity contribution in [2.45, 2.75) is 33.6 Å². The van der Waals surface area contributed by atoms with Crippen LogP contribution in [0.2, 0.25) is 0 Å². The first-order chi connectivity index (χ1) is 6.66. The average molecular weight is 199 g/mol. The zero-order valence-electron chi connectivity index (χ0n) is 9.43. The van der Waals surface area contributed by atoms with Gasteiger partial charge in [0.2, 0.25) is 0 Å². The van der Waals surface area contributed by atoms with Crippen LogP contribution in [0, 0.1) is 0 Å². The van der Waals surface area contributed by atoms with E-state index in [0.717, 1.165) is 18.7 Å². The summed E-state index contributed by atoms with van der Waals surface area (Å²) in [7, 11) is 0. The summed E-state index contributed by atoms with van der Waals surface area (Å²) in [5.74, 6) is -0.248. The summed E-state index contributed by atoms with van der Waals surface area (Å²) >= 11 is 0. The molecule has 0 unspecified atom stereocenters. The Hall–Kier alpha value is -0.830. The predicted octanol–water partition coefficient (Wildman–Crippen LogP) is 1.89. The third kappa shape index (κ3) is 9.26. The molecule has 1 N–H and O–H groups in total. The SMILES string of the molecule is CCCCNCCOC(=O)C=C(C)C. The van der Waals surface area contributed by atoms with Crippen molar-refractivity contribution in [1.29, 1.82) is 0 Å². The fourth-order valence-electron chi connectivity index (χ4n) is 0.928. The van der Waals surface area contributed by atoms with Gasteiger partial charge in [-0.25, -0.2) is 4.79 Å². The van der Waals surface area contributed by atoms with Gasteiger partial charge in [-0.3, -0.25) is 0 Å². The number of ether oxygens (including phenoxy) is 1. The third-order valence-corrected chi connectivity index (χ3v) is 1.64. The molecule has 14 heavy (non-hydrogen) atoms. The predicted molar refractivity (Wildman–Crippen MR) is 58.2 cm³/mol. The normalized spacial score (nSPS) is 9.64. The second-order valence-corrected chi connectivity index (χ2v) is 3.49. The van der Waals surface area contributed by atoms with Crippen LogP contribution in [0.4, 0.5) is 0 Å². The molecule has 0 rings (SSSR count).